The molecule has 0 amide bonds. The van der Waals surface area contributed by atoms with Crippen LogP contribution >= 0.6 is 11.6 Å². The highest BCUT2D eigenvalue weighted by atomic mass is 35.5. The molecule has 0 saturated heterocycles. The van der Waals surface area contributed by atoms with Crippen LogP contribution in [0.2, 0.25) is 5.02 Å². The third-order valence-electron chi connectivity index (χ3n) is 4.96. The van der Waals surface area contributed by atoms with Crippen LogP contribution in [0.5, 0.6) is 0 Å². The molecule has 3 aromatic carbocycles. The van der Waals surface area contributed by atoms with Crippen molar-refractivity contribution in [3.63, 3.8) is 0 Å². The van der Waals surface area contributed by atoms with E-state index in [1.807, 2.05) is 41.0 Å². The third kappa shape index (κ3) is 3.71. The van der Waals surface area contributed by atoms with Crippen LogP contribution in [0.25, 0.3) is 10.9 Å². The quantitative estimate of drug-likeness (QED) is 0.428. The van der Waals surface area contributed by atoms with Gasteiger partial charge < -0.3 is 4.57 Å². The Bertz CT molecular complexity index is 1240. The molecule has 0 aliphatic rings. The van der Waals surface area contributed by atoms with Crippen molar-refractivity contribution >= 4 is 32.3 Å². The van der Waals surface area contributed by atoms with E-state index in [9.17, 15) is 8.42 Å². The molecule has 0 atom stereocenters. The molecular formula is C23H20ClNO2S. The van der Waals surface area contributed by atoms with E-state index < -0.39 is 9.84 Å². The molecule has 4 rings (SSSR count). The molecule has 3 nitrogen and oxygen atoms in total. The number of hydrogen-bond acceptors (Lipinski definition) is 2. The van der Waals surface area contributed by atoms with E-state index in [-0.39, 0.29) is 5.75 Å². The number of halogens is 1. The third-order valence-corrected chi connectivity index (χ3v) is 6.92. The van der Waals surface area contributed by atoms with E-state index in [0.29, 0.717) is 16.5 Å². The lowest BCUT2D eigenvalue weighted by atomic mass is 10.1. The first-order valence-corrected chi connectivity index (χ1v) is 11.1. The number of aromatic nitrogens is 1. The van der Waals surface area contributed by atoms with Crippen LogP contribution in [0.1, 0.15) is 16.7 Å². The molecule has 0 fully saturated rings. The van der Waals surface area contributed by atoms with Crippen LogP contribution in [-0.4, -0.2) is 13.0 Å². The predicted octanol–water partition coefficient (Wildman–Crippen LogP) is 5.63. The summed E-state index contributed by atoms with van der Waals surface area (Å²) in [5.74, 6) is -0.0530. The Kier molecular flexibility index (Phi) is 5.00. The largest absolute Gasteiger partial charge is 0.342 e. The number of hydrogen-bond donors (Lipinski definition) is 0. The number of benzene rings is 3. The highest BCUT2D eigenvalue weighted by Crippen LogP contribution is 2.29. The van der Waals surface area contributed by atoms with E-state index in [0.717, 1.165) is 16.5 Å². The molecule has 0 unspecified atom stereocenters. The molecule has 142 valence electrons. The van der Waals surface area contributed by atoms with E-state index in [1.54, 1.807) is 30.5 Å². The molecule has 0 bridgehead atoms. The van der Waals surface area contributed by atoms with Crippen LogP contribution in [-0.2, 0) is 22.1 Å². The molecule has 0 aliphatic heterocycles. The minimum atomic E-state index is -3.50. The molecule has 28 heavy (non-hydrogen) atoms. The fourth-order valence-electron chi connectivity index (χ4n) is 3.44. The lowest BCUT2D eigenvalue weighted by Crippen LogP contribution is -2.05. The van der Waals surface area contributed by atoms with Crippen molar-refractivity contribution in [2.45, 2.75) is 24.1 Å². The monoisotopic (exact) mass is 409 g/mol. The van der Waals surface area contributed by atoms with Crippen LogP contribution in [0, 0.1) is 6.92 Å². The highest BCUT2D eigenvalue weighted by Gasteiger charge is 2.22. The maximum absolute atomic E-state index is 13.2. The summed E-state index contributed by atoms with van der Waals surface area (Å²) in [5, 5.41) is 1.35. The van der Waals surface area contributed by atoms with E-state index in [4.69, 9.17) is 11.6 Å². The van der Waals surface area contributed by atoms with Crippen LogP contribution in [0.4, 0.5) is 0 Å². The van der Waals surface area contributed by atoms with Crippen molar-refractivity contribution in [1.29, 1.82) is 0 Å². The molecule has 0 aliphatic carbocycles. The summed E-state index contributed by atoms with van der Waals surface area (Å²) in [6, 6.07) is 22.8. The normalized spacial score (nSPS) is 11.8. The Morgan fingerprint density at radius 3 is 2.32 bits per heavy atom. The van der Waals surface area contributed by atoms with E-state index in [1.165, 1.54) is 11.1 Å². The average Bonchev–Trinajstić information content (AvgIpc) is 3.05. The predicted molar refractivity (Wildman–Crippen MR) is 115 cm³/mol. The topological polar surface area (TPSA) is 39.1 Å². The standard InChI is InChI=1S/C23H20ClNO2S/c1-17-6-2-3-7-19(17)14-25-15-23(21-8-4-5-9-22(21)25)28(26,27)16-18-10-12-20(24)13-11-18/h2-13,15H,14,16H2,1H3. The summed E-state index contributed by atoms with van der Waals surface area (Å²) in [4.78, 5) is 0.367. The Morgan fingerprint density at radius 1 is 0.893 bits per heavy atom. The van der Waals surface area contributed by atoms with Crippen molar-refractivity contribution in [3.05, 3.63) is 101 Å². The number of para-hydroxylation sites is 1. The maximum atomic E-state index is 13.2. The first-order valence-electron chi connectivity index (χ1n) is 9.03. The Labute approximate surface area is 170 Å². The van der Waals surface area contributed by atoms with Gasteiger partial charge in [0.25, 0.3) is 0 Å². The highest BCUT2D eigenvalue weighted by molar-refractivity contribution is 7.90. The van der Waals surface area contributed by atoms with E-state index in [2.05, 4.69) is 19.1 Å². The lowest BCUT2D eigenvalue weighted by Gasteiger charge is -2.08. The van der Waals surface area contributed by atoms with Gasteiger partial charge in [-0.3, -0.25) is 0 Å². The average molecular weight is 410 g/mol. The summed E-state index contributed by atoms with van der Waals surface area (Å²) in [6.07, 6.45) is 1.77. The number of sulfone groups is 1. The first kappa shape index (κ1) is 18.8. The molecule has 1 heterocycles. The summed E-state index contributed by atoms with van der Waals surface area (Å²) in [5.41, 5.74) is 4.00. The minimum absolute atomic E-state index is 0.0530. The van der Waals surface area contributed by atoms with Crippen molar-refractivity contribution in [3.8, 4) is 0 Å². The van der Waals surface area contributed by atoms with Gasteiger partial charge in [0.05, 0.1) is 10.6 Å². The summed E-state index contributed by atoms with van der Waals surface area (Å²) in [7, 11) is -3.50. The van der Waals surface area contributed by atoms with Crippen molar-refractivity contribution in [2.75, 3.05) is 0 Å². The minimum Gasteiger partial charge on any atom is -0.342 e. The van der Waals surface area contributed by atoms with Gasteiger partial charge in [-0.2, -0.15) is 0 Å². The van der Waals surface area contributed by atoms with Gasteiger partial charge in [-0.05, 0) is 41.8 Å². The second kappa shape index (κ2) is 7.46. The smallest absolute Gasteiger partial charge is 0.184 e. The van der Waals surface area contributed by atoms with Gasteiger partial charge in [-0.15, -0.1) is 0 Å². The molecular weight excluding hydrogens is 390 g/mol. The van der Waals surface area contributed by atoms with Crippen molar-refractivity contribution < 1.29 is 8.42 Å². The van der Waals surface area contributed by atoms with Gasteiger partial charge in [0.1, 0.15) is 0 Å². The Morgan fingerprint density at radius 2 is 1.57 bits per heavy atom. The molecule has 0 spiro atoms. The molecule has 0 saturated carbocycles. The summed E-state index contributed by atoms with van der Waals surface area (Å²) < 4.78 is 28.4. The van der Waals surface area contributed by atoms with Gasteiger partial charge in [0.15, 0.2) is 9.84 Å². The first-order chi connectivity index (χ1) is 13.4. The van der Waals surface area contributed by atoms with Gasteiger partial charge >= 0.3 is 0 Å². The molecule has 0 radical (unpaired) electrons. The fraction of sp³-hybridized carbons (Fsp3) is 0.130. The van der Waals surface area contributed by atoms with Crippen LogP contribution < -0.4 is 0 Å². The van der Waals surface area contributed by atoms with Gasteiger partial charge in [0, 0.05) is 28.7 Å². The summed E-state index contributed by atoms with van der Waals surface area (Å²) >= 11 is 5.92. The van der Waals surface area contributed by atoms with Crippen molar-refractivity contribution in [2.24, 2.45) is 0 Å². The SMILES string of the molecule is Cc1ccccc1Cn1cc(S(=O)(=O)Cc2ccc(Cl)cc2)c2ccccc21. The number of nitrogens with zero attached hydrogens (tertiary/aromatic N) is 1. The molecule has 4 aromatic rings. The zero-order chi connectivity index (χ0) is 19.7. The lowest BCUT2D eigenvalue weighted by molar-refractivity contribution is 0.595. The van der Waals surface area contributed by atoms with E-state index >= 15 is 0 Å². The second-order valence-electron chi connectivity index (χ2n) is 6.95. The zero-order valence-electron chi connectivity index (χ0n) is 15.5. The van der Waals surface area contributed by atoms with Gasteiger partial charge in [0.2, 0.25) is 0 Å². The van der Waals surface area contributed by atoms with Gasteiger partial charge in [-0.25, -0.2) is 8.42 Å². The van der Waals surface area contributed by atoms with Crippen molar-refractivity contribution in [1.82, 2.24) is 4.57 Å². The molecule has 5 heteroatoms. The zero-order valence-corrected chi connectivity index (χ0v) is 17.0. The molecule has 0 N–H and O–H groups in total. The Balaban J connectivity index is 1.77. The van der Waals surface area contributed by atoms with Gasteiger partial charge in [-0.1, -0.05) is 66.2 Å². The summed E-state index contributed by atoms with van der Waals surface area (Å²) in [6.45, 7) is 2.70. The fourth-order valence-corrected chi connectivity index (χ4v) is 5.15. The number of rotatable bonds is 5. The number of aryl methyl sites for hydroxylation is 1. The van der Waals surface area contributed by atoms with Crippen LogP contribution in [0.15, 0.2) is 83.9 Å². The van der Waals surface area contributed by atoms with Crippen LogP contribution in [0.3, 0.4) is 0 Å². The Hall–Kier alpha value is -2.56. The maximum Gasteiger partial charge on any atom is 0.184 e. The molecule has 1 aromatic heterocycles. The number of fused-ring (bicyclic) bond motifs is 1. The second-order valence-corrected chi connectivity index (χ2v) is 9.34.